The number of amides is 1. The molecule has 0 fully saturated rings. The number of hydrogen-bond donors (Lipinski definition) is 3. The molecule has 0 spiro atoms. The van der Waals surface area contributed by atoms with Crippen molar-refractivity contribution in [3.8, 4) is 0 Å². The van der Waals surface area contributed by atoms with Crippen molar-refractivity contribution in [3.63, 3.8) is 0 Å². The van der Waals surface area contributed by atoms with Gasteiger partial charge in [0, 0.05) is 6.42 Å². The van der Waals surface area contributed by atoms with Crippen LogP contribution in [0.2, 0.25) is 0 Å². The first-order valence-electron chi connectivity index (χ1n) is 28.4. The second-order valence-electron chi connectivity index (χ2n) is 19.3. The summed E-state index contributed by atoms with van der Waals surface area (Å²) in [4.78, 5) is 26.2. The van der Waals surface area contributed by atoms with Crippen LogP contribution in [0.1, 0.15) is 290 Å². The summed E-state index contributed by atoms with van der Waals surface area (Å²) in [5.74, 6) is -0.496. The third-order valence-corrected chi connectivity index (χ3v) is 12.9. The van der Waals surface area contributed by atoms with E-state index in [1.807, 2.05) is 0 Å². The Kier molecular flexibility index (Phi) is 51.0. The predicted octanol–water partition coefficient (Wildman–Crippen LogP) is 17.4. The second kappa shape index (κ2) is 52.8. The van der Waals surface area contributed by atoms with Crippen LogP contribution < -0.4 is 5.32 Å². The Morgan fingerprint density at radius 2 is 0.785 bits per heavy atom. The van der Waals surface area contributed by atoms with Crippen molar-refractivity contribution < 1.29 is 24.5 Å². The number of hydrogen-bond acceptors (Lipinski definition) is 5. The summed E-state index contributed by atoms with van der Waals surface area (Å²) < 4.78 is 5.95. The lowest BCUT2D eigenvalue weighted by molar-refractivity contribution is -0.151. The first-order valence-corrected chi connectivity index (χ1v) is 28.4. The number of allylic oxidation sites excluding steroid dienone is 8. The van der Waals surface area contributed by atoms with Crippen LogP contribution in [0.5, 0.6) is 0 Å². The molecule has 6 nitrogen and oxygen atoms in total. The molecular weight excluding hydrogens is 803 g/mol. The Balaban J connectivity index is 4.63. The minimum Gasteiger partial charge on any atom is -0.462 e. The normalized spacial score (nSPS) is 13.5. The lowest BCUT2D eigenvalue weighted by Crippen LogP contribution is -2.46. The zero-order valence-corrected chi connectivity index (χ0v) is 43.4. The quantitative estimate of drug-likeness (QED) is 0.0321. The summed E-state index contributed by atoms with van der Waals surface area (Å²) in [5.41, 5.74) is 0. The van der Waals surface area contributed by atoms with Gasteiger partial charge in [-0.1, -0.05) is 236 Å². The molecule has 0 aliphatic carbocycles. The maximum atomic E-state index is 13.3. The van der Waals surface area contributed by atoms with Crippen LogP contribution in [0.4, 0.5) is 0 Å². The predicted molar refractivity (Wildman–Crippen MR) is 282 cm³/mol. The molecule has 0 aromatic rings. The minimum absolute atomic E-state index is 0.0606. The maximum Gasteiger partial charge on any atom is 0.306 e. The van der Waals surface area contributed by atoms with Gasteiger partial charge in [0.15, 0.2) is 0 Å². The second-order valence-corrected chi connectivity index (χ2v) is 19.3. The number of nitrogens with one attached hydrogen (secondary N) is 1. The van der Waals surface area contributed by atoms with Crippen LogP contribution in [0.25, 0.3) is 0 Å². The smallest absolute Gasteiger partial charge is 0.306 e. The standard InChI is InChI=1S/C59H109NO5/c1-4-7-10-13-16-19-22-25-27-29-30-33-35-38-41-44-47-50-55(65-59(64)52-49-46-43-40-37-34-31-28-26-23-20-17-14-11-8-5-2)53-58(63)60-56(54-61)57(62)51-48-45-42-39-36-32-24-21-18-15-12-9-6-3/h16,19,25,27-28,30-31,33,55-57,61-62H,4-15,17-18,20-24,26,29,32,34-54H2,1-3H3,(H,60,63)/b19-16-,27-25-,31-28+,33-30-. The number of ether oxygens (including phenoxy) is 1. The van der Waals surface area contributed by atoms with Crippen LogP contribution in [0.3, 0.4) is 0 Å². The van der Waals surface area contributed by atoms with Crippen molar-refractivity contribution in [1.29, 1.82) is 0 Å². The van der Waals surface area contributed by atoms with Crippen LogP contribution in [-0.2, 0) is 14.3 Å². The van der Waals surface area contributed by atoms with Crippen molar-refractivity contribution in [2.75, 3.05) is 6.61 Å². The fourth-order valence-corrected chi connectivity index (χ4v) is 8.55. The fourth-order valence-electron chi connectivity index (χ4n) is 8.55. The molecular formula is C59H109NO5. The third kappa shape index (κ3) is 48.1. The average Bonchev–Trinajstić information content (AvgIpc) is 3.30. The molecule has 0 aliphatic rings. The van der Waals surface area contributed by atoms with Crippen molar-refractivity contribution in [2.45, 2.75) is 309 Å². The molecule has 0 bridgehead atoms. The zero-order chi connectivity index (χ0) is 47.4. The van der Waals surface area contributed by atoms with Gasteiger partial charge >= 0.3 is 5.97 Å². The Morgan fingerprint density at radius 3 is 1.23 bits per heavy atom. The highest BCUT2D eigenvalue weighted by atomic mass is 16.5. The molecule has 0 aliphatic heterocycles. The molecule has 0 aromatic heterocycles. The summed E-state index contributed by atoms with van der Waals surface area (Å²) >= 11 is 0. The number of aliphatic hydroxyl groups excluding tert-OH is 2. The van der Waals surface area contributed by atoms with Gasteiger partial charge in [-0.2, -0.15) is 0 Å². The first kappa shape index (κ1) is 62.8. The summed E-state index contributed by atoms with van der Waals surface area (Å²) in [6.45, 7) is 6.47. The molecule has 3 atom stereocenters. The third-order valence-electron chi connectivity index (χ3n) is 12.9. The number of carbonyl (C=O) groups excluding carboxylic acids is 2. The van der Waals surface area contributed by atoms with Gasteiger partial charge in [-0.05, 0) is 89.9 Å². The van der Waals surface area contributed by atoms with Crippen molar-refractivity contribution in [3.05, 3.63) is 48.6 Å². The van der Waals surface area contributed by atoms with Crippen LogP contribution in [-0.4, -0.2) is 46.9 Å². The van der Waals surface area contributed by atoms with E-state index in [2.05, 4.69) is 74.7 Å². The van der Waals surface area contributed by atoms with Gasteiger partial charge in [0.1, 0.15) is 6.10 Å². The van der Waals surface area contributed by atoms with Gasteiger partial charge in [-0.3, -0.25) is 9.59 Å². The van der Waals surface area contributed by atoms with Gasteiger partial charge in [-0.25, -0.2) is 0 Å². The molecule has 3 unspecified atom stereocenters. The van der Waals surface area contributed by atoms with Crippen LogP contribution in [0.15, 0.2) is 48.6 Å². The van der Waals surface area contributed by atoms with E-state index in [0.717, 1.165) is 89.9 Å². The van der Waals surface area contributed by atoms with E-state index in [9.17, 15) is 19.8 Å². The lowest BCUT2D eigenvalue weighted by Gasteiger charge is -2.24. The summed E-state index contributed by atoms with van der Waals surface area (Å²) in [6.07, 6.45) is 64.5. The lowest BCUT2D eigenvalue weighted by atomic mass is 10.0. The Labute approximate surface area is 404 Å². The maximum absolute atomic E-state index is 13.3. The van der Waals surface area contributed by atoms with E-state index in [0.29, 0.717) is 19.3 Å². The first-order chi connectivity index (χ1) is 32.0. The fraction of sp³-hybridized carbons (Fsp3) is 0.831. The molecule has 65 heavy (non-hydrogen) atoms. The van der Waals surface area contributed by atoms with E-state index >= 15 is 0 Å². The average molecular weight is 913 g/mol. The molecule has 3 N–H and O–H groups in total. The van der Waals surface area contributed by atoms with Crippen molar-refractivity contribution in [2.24, 2.45) is 0 Å². The van der Waals surface area contributed by atoms with Gasteiger partial charge in [0.25, 0.3) is 0 Å². The monoisotopic (exact) mass is 912 g/mol. The Bertz CT molecular complexity index is 1110. The number of carbonyl (C=O) groups is 2. The Hall–Kier alpha value is -2.18. The molecule has 0 aromatic carbocycles. The molecule has 1 amide bonds. The summed E-state index contributed by atoms with van der Waals surface area (Å²) in [7, 11) is 0. The van der Waals surface area contributed by atoms with Crippen LogP contribution >= 0.6 is 0 Å². The molecule has 0 rings (SSSR count). The van der Waals surface area contributed by atoms with Gasteiger partial charge in [0.2, 0.25) is 5.91 Å². The largest absolute Gasteiger partial charge is 0.462 e. The highest BCUT2D eigenvalue weighted by Crippen LogP contribution is 2.18. The van der Waals surface area contributed by atoms with E-state index in [4.69, 9.17) is 4.74 Å². The zero-order valence-electron chi connectivity index (χ0n) is 43.4. The minimum atomic E-state index is -0.795. The van der Waals surface area contributed by atoms with E-state index in [1.54, 1.807) is 0 Å². The van der Waals surface area contributed by atoms with Crippen LogP contribution in [0, 0.1) is 0 Å². The Morgan fingerprint density at radius 1 is 0.446 bits per heavy atom. The van der Waals surface area contributed by atoms with Gasteiger partial charge in [0.05, 0.1) is 25.2 Å². The van der Waals surface area contributed by atoms with Crippen molar-refractivity contribution in [1.82, 2.24) is 5.32 Å². The number of rotatable bonds is 51. The number of aliphatic hydroxyl groups is 2. The van der Waals surface area contributed by atoms with E-state index in [-0.39, 0.29) is 24.9 Å². The van der Waals surface area contributed by atoms with Gasteiger partial charge in [-0.15, -0.1) is 0 Å². The summed E-state index contributed by atoms with van der Waals surface area (Å²) in [5, 5.41) is 23.8. The summed E-state index contributed by atoms with van der Waals surface area (Å²) in [6, 6.07) is -0.711. The van der Waals surface area contributed by atoms with Crippen molar-refractivity contribution >= 4 is 11.9 Å². The molecule has 6 heteroatoms. The molecule has 0 saturated carbocycles. The molecule has 0 radical (unpaired) electrons. The van der Waals surface area contributed by atoms with E-state index in [1.165, 1.54) is 154 Å². The van der Waals surface area contributed by atoms with Gasteiger partial charge < -0.3 is 20.3 Å². The molecule has 0 saturated heterocycles. The van der Waals surface area contributed by atoms with E-state index < -0.39 is 18.2 Å². The highest BCUT2D eigenvalue weighted by Gasteiger charge is 2.24. The topological polar surface area (TPSA) is 95.9 Å². The number of unbranched alkanes of at least 4 members (excludes halogenated alkanes) is 31. The SMILES string of the molecule is CCCCC/C=C\C/C=C\C/C=C\CCCCCCC(CC(=O)NC(CO)C(O)CCCCCCCCCCCCCCC)OC(=O)CCCCCCC/C=C/CCCCCCCCC. The molecule has 0 heterocycles. The highest BCUT2D eigenvalue weighted by molar-refractivity contribution is 5.77. The molecule has 380 valence electrons. The number of esters is 1.